The van der Waals surface area contributed by atoms with Crippen molar-refractivity contribution < 1.29 is 0 Å². The summed E-state index contributed by atoms with van der Waals surface area (Å²) in [6, 6.07) is 10.3. The van der Waals surface area contributed by atoms with Crippen molar-refractivity contribution in [3.8, 4) is 5.69 Å². The molecule has 3 fully saturated rings. The van der Waals surface area contributed by atoms with Crippen molar-refractivity contribution in [1.82, 2.24) is 14.5 Å². The third kappa shape index (κ3) is 2.97. The van der Waals surface area contributed by atoms with E-state index in [1.54, 1.807) is 12.3 Å². The molecule has 3 aliphatic carbocycles. The molecule has 0 radical (unpaired) electrons. The lowest BCUT2D eigenvalue weighted by atomic mass is 9.38. The number of hydrogen-bond acceptors (Lipinski definition) is 5. The zero-order valence-corrected chi connectivity index (χ0v) is 16.2. The van der Waals surface area contributed by atoms with E-state index in [0.717, 1.165) is 25.2 Å². The third-order valence-electron chi connectivity index (χ3n) is 6.60. The molecule has 27 heavy (non-hydrogen) atoms. The lowest BCUT2D eigenvalue weighted by molar-refractivity contribution is -0.222. The Morgan fingerprint density at radius 3 is 2.44 bits per heavy atom. The fourth-order valence-corrected chi connectivity index (χ4v) is 5.43. The zero-order valence-electron chi connectivity index (χ0n) is 16.2. The summed E-state index contributed by atoms with van der Waals surface area (Å²) in [7, 11) is 0. The third-order valence-corrected chi connectivity index (χ3v) is 6.60. The number of likely N-dealkylation sites (N-methyl/N-ethyl adjacent to an activating group) is 1. The first-order valence-corrected chi connectivity index (χ1v) is 9.82. The molecule has 1 heterocycles. The molecule has 1 aromatic carbocycles. The maximum Gasteiger partial charge on any atom is 0.354 e. The molecule has 0 spiro atoms. The summed E-state index contributed by atoms with van der Waals surface area (Å²) >= 11 is 0. The van der Waals surface area contributed by atoms with E-state index < -0.39 is 0 Å². The average molecular weight is 367 g/mol. The van der Waals surface area contributed by atoms with Gasteiger partial charge < -0.3 is 11.5 Å². The monoisotopic (exact) mass is 367 g/mol. The van der Waals surface area contributed by atoms with E-state index >= 15 is 0 Å². The fraction of sp³-hybridized carbons (Fsp3) is 0.524. The number of aromatic nitrogens is 2. The molecule has 6 heteroatoms. The van der Waals surface area contributed by atoms with Gasteiger partial charge in [0.2, 0.25) is 0 Å². The molecule has 4 N–H and O–H groups in total. The first kappa shape index (κ1) is 18.2. The lowest BCUT2D eigenvalue weighted by Crippen LogP contribution is -2.77. The first-order valence-electron chi connectivity index (χ1n) is 9.82. The highest BCUT2D eigenvalue weighted by atomic mass is 16.1. The predicted molar refractivity (Wildman–Crippen MR) is 108 cm³/mol. The van der Waals surface area contributed by atoms with Crippen LogP contribution in [0.4, 0.5) is 5.82 Å². The molecule has 0 aliphatic heterocycles. The number of rotatable bonds is 7. The van der Waals surface area contributed by atoms with Crippen LogP contribution in [0.5, 0.6) is 0 Å². The quantitative estimate of drug-likeness (QED) is 0.781. The molecular weight excluding hydrogens is 338 g/mol. The fourth-order valence-electron chi connectivity index (χ4n) is 5.43. The molecule has 0 saturated heterocycles. The van der Waals surface area contributed by atoms with E-state index in [2.05, 4.69) is 35.9 Å². The second kappa shape index (κ2) is 6.46. The summed E-state index contributed by atoms with van der Waals surface area (Å²) in [4.78, 5) is 18.5. The van der Waals surface area contributed by atoms with Crippen molar-refractivity contribution in [2.45, 2.75) is 51.1 Å². The first-order chi connectivity index (χ1) is 12.9. The van der Waals surface area contributed by atoms with E-state index in [1.807, 2.05) is 12.1 Å². The van der Waals surface area contributed by atoms with Crippen LogP contribution in [-0.2, 0) is 6.42 Å². The molecule has 1 unspecified atom stereocenters. The highest BCUT2D eigenvalue weighted by molar-refractivity contribution is 5.36. The van der Waals surface area contributed by atoms with Crippen molar-refractivity contribution in [3.63, 3.8) is 0 Å². The topological polar surface area (TPSA) is 90.2 Å². The van der Waals surface area contributed by atoms with Gasteiger partial charge in [-0.2, -0.15) is 4.98 Å². The van der Waals surface area contributed by atoms with Gasteiger partial charge in [0.1, 0.15) is 5.82 Å². The molecule has 3 aliphatic rings. The second-order valence-corrected chi connectivity index (χ2v) is 8.47. The van der Waals surface area contributed by atoms with Crippen molar-refractivity contribution in [1.29, 1.82) is 0 Å². The maximum atomic E-state index is 12.0. The van der Waals surface area contributed by atoms with E-state index in [0.29, 0.717) is 17.0 Å². The number of nitrogens with zero attached hydrogens (tertiary/aromatic N) is 3. The summed E-state index contributed by atoms with van der Waals surface area (Å²) < 4.78 is 1.51. The molecule has 2 aromatic rings. The zero-order chi connectivity index (χ0) is 19.2. The van der Waals surface area contributed by atoms with Gasteiger partial charge >= 0.3 is 5.69 Å². The smallest absolute Gasteiger partial charge is 0.354 e. The molecule has 0 amide bonds. The average Bonchev–Trinajstić information content (AvgIpc) is 2.57. The van der Waals surface area contributed by atoms with Crippen LogP contribution in [-0.4, -0.2) is 39.1 Å². The minimum Gasteiger partial charge on any atom is -0.383 e. The minimum atomic E-state index is -0.356. The number of nitrogen functional groups attached to an aromatic ring is 1. The summed E-state index contributed by atoms with van der Waals surface area (Å²) in [6.07, 6.45) is 6.46. The Balaban J connectivity index is 1.44. The van der Waals surface area contributed by atoms with E-state index in [-0.39, 0.29) is 11.5 Å². The van der Waals surface area contributed by atoms with Gasteiger partial charge in [-0.05, 0) is 74.9 Å². The minimum absolute atomic E-state index is 0.242. The Kier molecular flexibility index (Phi) is 4.35. The van der Waals surface area contributed by atoms with Crippen LogP contribution in [0.2, 0.25) is 0 Å². The second-order valence-electron chi connectivity index (χ2n) is 8.47. The number of benzene rings is 1. The Morgan fingerprint density at radius 1 is 1.22 bits per heavy atom. The number of nitrogens with two attached hydrogens (primary N) is 2. The van der Waals surface area contributed by atoms with Crippen LogP contribution < -0.4 is 17.2 Å². The molecule has 1 atom stereocenters. The van der Waals surface area contributed by atoms with Gasteiger partial charge in [-0.25, -0.2) is 4.79 Å². The van der Waals surface area contributed by atoms with Crippen LogP contribution in [0.1, 0.15) is 38.7 Å². The summed E-state index contributed by atoms with van der Waals surface area (Å²) in [5.41, 5.74) is 14.1. The highest BCUT2D eigenvalue weighted by Gasteiger charge is 2.69. The van der Waals surface area contributed by atoms with Gasteiger partial charge in [0.25, 0.3) is 0 Å². The highest BCUT2D eigenvalue weighted by Crippen LogP contribution is 2.69. The van der Waals surface area contributed by atoms with Crippen LogP contribution in [0.15, 0.2) is 41.3 Å². The van der Waals surface area contributed by atoms with Crippen molar-refractivity contribution in [2.24, 2.45) is 11.1 Å². The molecule has 2 bridgehead atoms. The Morgan fingerprint density at radius 2 is 1.89 bits per heavy atom. The molecule has 3 saturated carbocycles. The van der Waals surface area contributed by atoms with Crippen molar-refractivity contribution in [2.75, 3.05) is 18.8 Å². The van der Waals surface area contributed by atoms with Crippen LogP contribution in [0, 0.1) is 5.41 Å². The summed E-state index contributed by atoms with van der Waals surface area (Å²) in [5.74, 6) is 0.242. The SMILES string of the molecule is CCN(C(C)Cc1ccc(-n2ccc(N)nc2=O)cc1)C12CC(CN)(C1)C2. The molecule has 6 nitrogen and oxygen atoms in total. The van der Waals surface area contributed by atoms with E-state index in [4.69, 9.17) is 11.5 Å². The van der Waals surface area contributed by atoms with Crippen molar-refractivity contribution >= 4 is 5.82 Å². The summed E-state index contributed by atoms with van der Waals surface area (Å²) in [6.45, 7) is 6.49. The van der Waals surface area contributed by atoms with Gasteiger partial charge in [0, 0.05) is 17.8 Å². The van der Waals surface area contributed by atoms with Crippen LogP contribution >= 0.6 is 0 Å². The molecule has 1 aromatic heterocycles. The largest absolute Gasteiger partial charge is 0.383 e. The van der Waals surface area contributed by atoms with E-state index in [1.165, 1.54) is 29.4 Å². The standard InChI is InChI=1S/C21H29N5O/c1-3-26(21-11-20(12-21,13-21)14-22)15(2)10-16-4-6-17(7-5-16)25-9-8-18(23)24-19(25)27/h4-9,15H,3,10-14,22H2,1-2H3,(H2,23,24,27). The predicted octanol–water partition coefficient (Wildman–Crippen LogP) is 1.95. The van der Waals surface area contributed by atoms with Crippen LogP contribution in [0.25, 0.3) is 5.69 Å². The van der Waals surface area contributed by atoms with E-state index in [9.17, 15) is 4.79 Å². The maximum absolute atomic E-state index is 12.0. The van der Waals surface area contributed by atoms with Gasteiger partial charge in [0.05, 0.1) is 5.69 Å². The van der Waals surface area contributed by atoms with Gasteiger partial charge in [-0.15, -0.1) is 0 Å². The number of anilines is 1. The Hall–Kier alpha value is -2.18. The van der Waals surface area contributed by atoms with Gasteiger partial charge in [-0.3, -0.25) is 9.47 Å². The van der Waals surface area contributed by atoms with Crippen LogP contribution in [0.3, 0.4) is 0 Å². The lowest BCUT2D eigenvalue weighted by Gasteiger charge is -2.75. The Bertz CT molecular complexity index is 868. The molecule has 5 rings (SSSR count). The molecular formula is C21H29N5O. The normalized spacial score (nSPS) is 27.1. The summed E-state index contributed by atoms with van der Waals surface area (Å²) in [5, 5.41) is 0. The van der Waals surface area contributed by atoms with Gasteiger partial charge in [-0.1, -0.05) is 19.1 Å². The molecule has 144 valence electrons. The van der Waals surface area contributed by atoms with Crippen molar-refractivity contribution in [3.05, 3.63) is 52.6 Å². The number of hydrogen-bond donors (Lipinski definition) is 2. The Labute approximate surface area is 160 Å². The van der Waals surface area contributed by atoms with Gasteiger partial charge in [0.15, 0.2) is 0 Å².